The standard InChI is InChI=1S/C52H85N3O7/c1-35(2)37-16-23-52(45(58)55-28-19-36(20-29-55)12-10-13-42(56)53-26-11-27-54-30-32-61-33-31-54)25-24-50(8)38(44(37)52)14-15-40-49(7)21-18-41(62-43(57)34-47(3,4)46(59)60)48(5,6)39(49)17-22-51(40,50)9/h36-41,44H,1,10-34H2,2-9H3,(H,53,56)(H,59,60)/t37-,38+,39-,40+,41-,44+,49-,50+,51+,52-/m0/s1. The lowest BCUT2D eigenvalue weighted by Gasteiger charge is -2.73. The number of carboxylic acid groups (broad SMARTS) is 1. The minimum absolute atomic E-state index is 0.110. The van der Waals surface area contributed by atoms with Crippen molar-refractivity contribution in [3.05, 3.63) is 12.2 Å². The van der Waals surface area contributed by atoms with E-state index < -0.39 is 17.4 Å². The van der Waals surface area contributed by atoms with Gasteiger partial charge in [0.2, 0.25) is 11.8 Å². The SMILES string of the molecule is C=C(C)[C@@H]1CC[C@]2(C(=O)N3CCC(CCCC(=O)NCCCN4CCOCC4)CC3)CC[C@]3(C)[C@H](CC[C@@H]4[C@@]5(C)CC[C@H](OC(=O)CC(C)(C)C(=O)O)C(C)(C)[C@@H]5CC[C@]43C)[C@@H]12. The van der Waals surface area contributed by atoms with Crippen molar-refractivity contribution in [3.63, 3.8) is 0 Å². The molecule has 2 amide bonds. The number of morpholine rings is 1. The molecule has 5 saturated carbocycles. The van der Waals surface area contributed by atoms with Gasteiger partial charge in [-0.15, -0.1) is 0 Å². The number of hydrogen-bond acceptors (Lipinski definition) is 7. The average molecular weight is 864 g/mol. The van der Waals surface area contributed by atoms with E-state index in [2.05, 4.69) is 63.2 Å². The van der Waals surface area contributed by atoms with E-state index in [0.29, 0.717) is 47.8 Å². The fourth-order valence-corrected chi connectivity index (χ4v) is 16.1. The molecule has 0 radical (unpaired) electrons. The highest BCUT2D eigenvalue weighted by molar-refractivity contribution is 5.84. The van der Waals surface area contributed by atoms with Crippen LogP contribution in [0.15, 0.2) is 12.2 Å². The first kappa shape index (κ1) is 47.5. The summed E-state index contributed by atoms with van der Waals surface area (Å²) in [6.45, 7) is 29.5. The maximum Gasteiger partial charge on any atom is 0.309 e. The molecule has 62 heavy (non-hydrogen) atoms. The van der Waals surface area contributed by atoms with Crippen molar-refractivity contribution < 1.29 is 33.8 Å². The molecule has 2 saturated heterocycles. The van der Waals surface area contributed by atoms with Gasteiger partial charge in [-0.25, -0.2) is 0 Å². The van der Waals surface area contributed by atoms with E-state index in [1.165, 1.54) is 12.0 Å². The van der Waals surface area contributed by atoms with E-state index in [4.69, 9.17) is 9.47 Å². The first-order chi connectivity index (χ1) is 29.2. The Balaban J connectivity index is 0.973. The first-order valence-electron chi connectivity index (χ1n) is 25.1. The molecule has 0 spiro atoms. The van der Waals surface area contributed by atoms with E-state index in [9.17, 15) is 19.5 Å². The highest BCUT2D eigenvalue weighted by Crippen LogP contribution is 2.77. The van der Waals surface area contributed by atoms with Gasteiger partial charge in [-0.3, -0.25) is 24.1 Å². The van der Waals surface area contributed by atoms with Gasteiger partial charge in [-0.05, 0) is 175 Å². The zero-order chi connectivity index (χ0) is 44.9. The molecule has 0 aromatic rings. The predicted octanol–water partition coefficient (Wildman–Crippen LogP) is 9.30. The number of carbonyl (C=O) groups is 4. The zero-order valence-corrected chi connectivity index (χ0v) is 40.2. The van der Waals surface area contributed by atoms with Crippen LogP contribution in [0, 0.1) is 68.0 Å². The Bertz CT molecular complexity index is 1680. The largest absolute Gasteiger partial charge is 0.481 e. The van der Waals surface area contributed by atoms with E-state index >= 15 is 4.79 Å². The van der Waals surface area contributed by atoms with Gasteiger partial charge in [-0.1, -0.05) is 46.8 Å². The number of allylic oxidation sites excluding steroid dienone is 1. The van der Waals surface area contributed by atoms with Crippen molar-refractivity contribution in [1.29, 1.82) is 0 Å². The van der Waals surface area contributed by atoms with Crippen molar-refractivity contribution in [2.24, 2.45) is 68.0 Å². The fourth-order valence-electron chi connectivity index (χ4n) is 16.1. The second-order valence-electron chi connectivity index (χ2n) is 23.8. The number of piperidine rings is 1. The van der Waals surface area contributed by atoms with Crippen molar-refractivity contribution in [1.82, 2.24) is 15.1 Å². The molecule has 7 fully saturated rings. The molecule has 7 rings (SSSR count). The van der Waals surface area contributed by atoms with Crippen molar-refractivity contribution in [2.75, 3.05) is 52.5 Å². The molecular formula is C52H85N3O7. The number of esters is 1. The summed E-state index contributed by atoms with van der Waals surface area (Å²) in [5.41, 5.74) is -0.0419. The molecule has 10 heteroatoms. The van der Waals surface area contributed by atoms with Crippen LogP contribution in [0.25, 0.3) is 0 Å². The molecule has 10 nitrogen and oxygen atoms in total. The maximum atomic E-state index is 15.2. The summed E-state index contributed by atoms with van der Waals surface area (Å²) in [7, 11) is 0. The molecule has 7 aliphatic rings. The van der Waals surface area contributed by atoms with Crippen LogP contribution < -0.4 is 5.32 Å². The molecule has 0 aromatic heterocycles. The Labute approximate surface area is 374 Å². The minimum Gasteiger partial charge on any atom is -0.481 e. The number of nitrogens with zero attached hydrogens (tertiary/aromatic N) is 2. The smallest absolute Gasteiger partial charge is 0.309 e. The van der Waals surface area contributed by atoms with Gasteiger partial charge in [-0.2, -0.15) is 0 Å². The molecule has 2 heterocycles. The lowest BCUT2D eigenvalue weighted by molar-refractivity contribution is -0.250. The van der Waals surface area contributed by atoms with Crippen LogP contribution >= 0.6 is 0 Å². The van der Waals surface area contributed by atoms with Gasteiger partial charge in [0.05, 0.1) is 30.5 Å². The highest BCUT2D eigenvalue weighted by Gasteiger charge is 2.72. The number of rotatable bonds is 14. The Morgan fingerprint density at radius 1 is 0.823 bits per heavy atom. The number of nitrogens with one attached hydrogen (secondary N) is 1. The fraction of sp³-hybridized carbons (Fsp3) is 0.885. The third-order valence-corrected chi connectivity index (χ3v) is 19.9. The van der Waals surface area contributed by atoms with E-state index in [1.54, 1.807) is 13.8 Å². The Hall–Kier alpha value is -2.46. The van der Waals surface area contributed by atoms with Gasteiger partial charge in [0.1, 0.15) is 6.10 Å². The Morgan fingerprint density at radius 2 is 1.53 bits per heavy atom. The quantitative estimate of drug-likeness (QED) is 0.101. The molecule has 10 atom stereocenters. The molecule has 0 unspecified atom stereocenters. The molecule has 2 aliphatic heterocycles. The molecule has 0 aromatic carbocycles. The van der Waals surface area contributed by atoms with Crippen LogP contribution in [-0.4, -0.2) is 97.2 Å². The van der Waals surface area contributed by atoms with Crippen molar-refractivity contribution in [2.45, 2.75) is 171 Å². The monoisotopic (exact) mass is 864 g/mol. The van der Waals surface area contributed by atoms with Gasteiger partial charge < -0.3 is 24.8 Å². The summed E-state index contributed by atoms with van der Waals surface area (Å²) < 4.78 is 11.7. The normalized spacial score (nSPS) is 38.5. The number of aliphatic carboxylic acids is 1. The summed E-state index contributed by atoms with van der Waals surface area (Å²) in [5.74, 6) is 1.96. The Morgan fingerprint density at radius 3 is 2.21 bits per heavy atom. The third kappa shape index (κ3) is 8.57. The summed E-state index contributed by atoms with van der Waals surface area (Å²) in [5, 5.41) is 12.8. The lowest BCUT2D eigenvalue weighted by Crippen LogP contribution is -2.67. The summed E-state index contributed by atoms with van der Waals surface area (Å²) in [6, 6.07) is 0. The number of amides is 2. The summed E-state index contributed by atoms with van der Waals surface area (Å²) in [6.07, 6.45) is 15.8. The topological polar surface area (TPSA) is 125 Å². The maximum absolute atomic E-state index is 15.2. The van der Waals surface area contributed by atoms with E-state index in [-0.39, 0.29) is 45.5 Å². The number of likely N-dealkylation sites (tertiary alicyclic amines) is 1. The van der Waals surface area contributed by atoms with Crippen molar-refractivity contribution in [3.8, 4) is 0 Å². The third-order valence-electron chi connectivity index (χ3n) is 19.9. The van der Waals surface area contributed by atoms with Gasteiger partial charge in [0.15, 0.2) is 0 Å². The van der Waals surface area contributed by atoms with Crippen LogP contribution in [0.2, 0.25) is 0 Å². The van der Waals surface area contributed by atoms with Crippen molar-refractivity contribution >= 4 is 23.8 Å². The molecule has 5 aliphatic carbocycles. The number of fused-ring (bicyclic) bond motifs is 7. The lowest BCUT2D eigenvalue weighted by atomic mass is 9.32. The number of carboxylic acids is 1. The van der Waals surface area contributed by atoms with Crippen LogP contribution in [0.4, 0.5) is 0 Å². The highest BCUT2D eigenvalue weighted by atomic mass is 16.5. The second-order valence-corrected chi connectivity index (χ2v) is 23.8. The van der Waals surface area contributed by atoms with Gasteiger partial charge in [0.25, 0.3) is 0 Å². The predicted molar refractivity (Wildman–Crippen MR) is 243 cm³/mol. The first-order valence-corrected chi connectivity index (χ1v) is 25.1. The average Bonchev–Trinajstić information content (AvgIpc) is 3.62. The minimum atomic E-state index is -1.16. The summed E-state index contributed by atoms with van der Waals surface area (Å²) in [4.78, 5) is 57.5. The number of ether oxygens (including phenoxy) is 2. The van der Waals surface area contributed by atoms with Crippen LogP contribution in [-0.2, 0) is 28.7 Å². The second kappa shape index (κ2) is 18.1. The Kier molecular flexibility index (Phi) is 13.9. The molecular weight excluding hydrogens is 779 g/mol. The molecule has 350 valence electrons. The number of carbonyl (C=O) groups excluding carboxylic acids is 3. The van der Waals surface area contributed by atoms with Gasteiger partial charge in [0, 0.05) is 44.6 Å². The number of hydrogen-bond donors (Lipinski definition) is 2. The van der Waals surface area contributed by atoms with E-state index in [0.717, 1.165) is 142 Å². The van der Waals surface area contributed by atoms with Crippen LogP contribution in [0.3, 0.4) is 0 Å². The van der Waals surface area contributed by atoms with Crippen LogP contribution in [0.5, 0.6) is 0 Å². The molecule has 2 N–H and O–H groups in total. The zero-order valence-electron chi connectivity index (χ0n) is 40.2. The van der Waals surface area contributed by atoms with Gasteiger partial charge >= 0.3 is 11.9 Å². The van der Waals surface area contributed by atoms with E-state index in [1.807, 2.05) is 0 Å². The van der Waals surface area contributed by atoms with Crippen LogP contribution in [0.1, 0.15) is 165 Å². The summed E-state index contributed by atoms with van der Waals surface area (Å²) >= 11 is 0. The molecule has 0 bridgehead atoms.